The molecular weight excluding hydrogens is 352 g/mol. The Morgan fingerprint density at radius 2 is 1.43 bits per heavy atom. The maximum Gasteiger partial charge on any atom is 0.339 e. The molecule has 1 N–H and O–H groups in total. The van der Waals surface area contributed by atoms with Crippen molar-refractivity contribution in [2.24, 2.45) is 0 Å². The summed E-state index contributed by atoms with van der Waals surface area (Å²) >= 11 is 0. The van der Waals surface area contributed by atoms with Gasteiger partial charge in [-0.3, -0.25) is 0 Å². The van der Waals surface area contributed by atoms with Gasteiger partial charge < -0.3 is 14.6 Å². The molecule has 0 spiro atoms. The van der Waals surface area contributed by atoms with E-state index in [1.807, 2.05) is 24.3 Å². The molecule has 0 radical (unpaired) electrons. The van der Waals surface area contributed by atoms with E-state index in [0.29, 0.717) is 5.75 Å². The highest BCUT2D eigenvalue weighted by Gasteiger charge is 2.22. The van der Waals surface area contributed by atoms with Crippen LogP contribution in [0.2, 0.25) is 0 Å². The summed E-state index contributed by atoms with van der Waals surface area (Å²) in [5.74, 6) is -0.0818. The third-order valence-corrected chi connectivity index (χ3v) is 4.91. The average Bonchev–Trinajstić information content (AvgIpc) is 2.69. The number of aryl methyl sites for hydroxylation is 1. The van der Waals surface area contributed by atoms with Crippen molar-refractivity contribution in [2.45, 2.75) is 26.2 Å². The van der Waals surface area contributed by atoms with Gasteiger partial charge >= 0.3 is 5.97 Å². The Hall–Kier alpha value is -3.27. The zero-order chi connectivity index (χ0) is 20.1. The van der Waals surface area contributed by atoms with Crippen molar-refractivity contribution in [3.05, 3.63) is 95.1 Å². The van der Waals surface area contributed by atoms with Gasteiger partial charge in [0.15, 0.2) is 0 Å². The number of carboxylic acids is 1. The fourth-order valence-electron chi connectivity index (χ4n) is 3.03. The minimum Gasteiger partial charge on any atom is -0.478 e. The van der Waals surface area contributed by atoms with E-state index in [1.54, 1.807) is 18.2 Å². The Bertz CT molecular complexity index is 941. The van der Waals surface area contributed by atoms with Crippen molar-refractivity contribution >= 4 is 5.97 Å². The van der Waals surface area contributed by atoms with E-state index >= 15 is 0 Å². The zero-order valence-electron chi connectivity index (χ0n) is 16.3. The van der Waals surface area contributed by atoms with E-state index in [9.17, 15) is 9.90 Å². The summed E-state index contributed by atoms with van der Waals surface area (Å²) in [7, 11) is 0. The normalized spacial score (nSPS) is 11.1. The number of benzene rings is 3. The summed E-state index contributed by atoms with van der Waals surface area (Å²) in [6.07, 6.45) is 0. The fourth-order valence-corrected chi connectivity index (χ4v) is 3.03. The lowest BCUT2D eigenvalue weighted by Gasteiger charge is -2.26. The van der Waals surface area contributed by atoms with Gasteiger partial charge in [-0.25, -0.2) is 4.79 Å². The van der Waals surface area contributed by atoms with Crippen LogP contribution in [0, 0.1) is 6.92 Å². The molecule has 144 valence electrons. The first-order valence-electron chi connectivity index (χ1n) is 9.13. The second-order valence-electron chi connectivity index (χ2n) is 7.22. The molecule has 3 aromatic carbocycles. The number of para-hydroxylation sites is 1. The molecule has 0 aliphatic heterocycles. The van der Waals surface area contributed by atoms with E-state index in [0.717, 1.165) is 0 Å². The Labute approximate surface area is 165 Å². The standard InChI is InChI=1S/C24H24O4/c1-17-8-10-18(11-9-17)24(2,3)19-12-14-20(15-13-19)27-16-28-22-7-5-4-6-21(22)23(25)26/h4-15H,16H2,1-3H3,(H,25,26). The van der Waals surface area contributed by atoms with Crippen molar-refractivity contribution in [3.63, 3.8) is 0 Å². The lowest BCUT2D eigenvalue weighted by molar-refractivity contribution is 0.0682. The lowest BCUT2D eigenvalue weighted by atomic mass is 9.78. The Morgan fingerprint density at radius 1 is 0.857 bits per heavy atom. The van der Waals surface area contributed by atoms with E-state index in [-0.39, 0.29) is 23.5 Å². The third-order valence-electron chi connectivity index (χ3n) is 4.91. The molecule has 0 aliphatic rings. The number of hydrogen-bond donors (Lipinski definition) is 1. The molecule has 0 bridgehead atoms. The van der Waals surface area contributed by atoms with Crippen LogP contribution in [0.1, 0.15) is 40.9 Å². The molecule has 0 aliphatic carbocycles. The van der Waals surface area contributed by atoms with E-state index in [2.05, 4.69) is 45.0 Å². The number of aromatic carboxylic acids is 1. The second kappa shape index (κ2) is 8.17. The molecule has 0 atom stereocenters. The van der Waals surface area contributed by atoms with Gasteiger partial charge in [0.1, 0.15) is 17.1 Å². The SMILES string of the molecule is Cc1ccc(C(C)(C)c2ccc(OCOc3ccccc3C(=O)O)cc2)cc1. The van der Waals surface area contributed by atoms with Gasteiger partial charge in [0.05, 0.1) is 0 Å². The van der Waals surface area contributed by atoms with E-state index < -0.39 is 5.97 Å². The Morgan fingerprint density at radius 3 is 2.04 bits per heavy atom. The summed E-state index contributed by atoms with van der Waals surface area (Å²) < 4.78 is 11.1. The smallest absolute Gasteiger partial charge is 0.339 e. The minimum atomic E-state index is -1.03. The molecule has 28 heavy (non-hydrogen) atoms. The largest absolute Gasteiger partial charge is 0.478 e. The number of rotatable bonds is 7. The summed E-state index contributed by atoms with van der Waals surface area (Å²) in [6, 6.07) is 23.0. The number of carbonyl (C=O) groups is 1. The predicted molar refractivity (Wildman–Crippen MR) is 109 cm³/mol. The maximum absolute atomic E-state index is 11.2. The van der Waals surface area contributed by atoms with Crippen molar-refractivity contribution in [2.75, 3.05) is 6.79 Å². The van der Waals surface area contributed by atoms with Gasteiger partial charge in [-0.15, -0.1) is 0 Å². The average molecular weight is 376 g/mol. The van der Waals surface area contributed by atoms with Crippen LogP contribution >= 0.6 is 0 Å². The maximum atomic E-state index is 11.2. The molecule has 0 unspecified atom stereocenters. The molecule has 4 heteroatoms. The van der Waals surface area contributed by atoms with Crippen LogP contribution in [0.15, 0.2) is 72.8 Å². The van der Waals surface area contributed by atoms with Crippen LogP contribution < -0.4 is 9.47 Å². The first kappa shape index (κ1) is 19.5. The second-order valence-corrected chi connectivity index (χ2v) is 7.22. The number of hydrogen-bond acceptors (Lipinski definition) is 3. The van der Waals surface area contributed by atoms with Crippen molar-refractivity contribution in [1.29, 1.82) is 0 Å². The molecule has 0 heterocycles. The first-order chi connectivity index (χ1) is 13.4. The van der Waals surface area contributed by atoms with Crippen LogP contribution in [0.5, 0.6) is 11.5 Å². The van der Waals surface area contributed by atoms with Crippen LogP contribution in [-0.2, 0) is 5.41 Å². The third kappa shape index (κ3) is 4.34. The first-order valence-corrected chi connectivity index (χ1v) is 9.13. The summed E-state index contributed by atoms with van der Waals surface area (Å²) in [5.41, 5.74) is 3.67. The van der Waals surface area contributed by atoms with Crippen molar-refractivity contribution in [3.8, 4) is 11.5 Å². The number of carboxylic acid groups (broad SMARTS) is 1. The fraction of sp³-hybridized carbons (Fsp3) is 0.208. The lowest BCUT2D eigenvalue weighted by Crippen LogP contribution is -2.18. The van der Waals surface area contributed by atoms with Crippen LogP contribution in [0.25, 0.3) is 0 Å². The quantitative estimate of drug-likeness (QED) is 0.558. The van der Waals surface area contributed by atoms with Gasteiger partial charge in [0.25, 0.3) is 0 Å². The Kier molecular flexibility index (Phi) is 5.69. The Balaban J connectivity index is 1.65. The molecule has 4 nitrogen and oxygen atoms in total. The van der Waals surface area contributed by atoms with Gasteiger partial charge in [-0.2, -0.15) is 0 Å². The monoisotopic (exact) mass is 376 g/mol. The van der Waals surface area contributed by atoms with Crippen molar-refractivity contribution in [1.82, 2.24) is 0 Å². The molecule has 0 saturated heterocycles. The topological polar surface area (TPSA) is 55.8 Å². The van der Waals surface area contributed by atoms with Gasteiger partial charge in [0.2, 0.25) is 6.79 Å². The molecular formula is C24H24O4. The van der Waals surface area contributed by atoms with E-state index in [1.165, 1.54) is 22.8 Å². The van der Waals surface area contributed by atoms with Crippen LogP contribution in [0.3, 0.4) is 0 Å². The minimum absolute atomic E-state index is 0.0645. The molecule has 0 saturated carbocycles. The highest BCUT2D eigenvalue weighted by atomic mass is 16.7. The van der Waals surface area contributed by atoms with Crippen molar-refractivity contribution < 1.29 is 19.4 Å². The highest BCUT2D eigenvalue weighted by Crippen LogP contribution is 2.32. The summed E-state index contributed by atoms with van der Waals surface area (Å²) in [4.78, 5) is 11.2. The van der Waals surface area contributed by atoms with Gasteiger partial charge in [-0.05, 0) is 42.3 Å². The van der Waals surface area contributed by atoms with Crippen LogP contribution in [0.4, 0.5) is 0 Å². The zero-order valence-corrected chi connectivity index (χ0v) is 16.3. The molecule has 3 rings (SSSR count). The van der Waals surface area contributed by atoms with Gasteiger partial charge in [-0.1, -0.05) is 67.9 Å². The molecule has 0 fully saturated rings. The molecule has 3 aromatic rings. The predicted octanol–water partition coefficient (Wildman–Crippen LogP) is 5.43. The van der Waals surface area contributed by atoms with Crippen LogP contribution in [-0.4, -0.2) is 17.9 Å². The summed E-state index contributed by atoms with van der Waals surface area (Å²) in [5, 5.41) is 9.18. The molecule has 0 aromatic heterocycles. The number of ether oxygens (including phenoxy) is 2. The van der Waals surface area contributed by atoms with Gasteiger partial charge in [0, 0.05) is 5.41 Å². The molecule has 0 amide bonds. The summed E-state index contributed by atoms with van der Waals surface area (Å²) in [6.45, 7) is 6.41. The van der Waals surface area contributed by atoms with E-state index in [4.69, 9.17) is 9.47 Å². The highest BCUT2D eigenvalue weighted by molar-refractivity contribution is 5.90.